The number of hydrogen-bond acceptors (Lipinski definition) is 2. The molecule has 0 aliphatic carbocycles. The predicted octanol–water partition coefficient (Wildman–Crippen LogP) is 2.90. The van der Waals surface area contributed by atoms with Gasteiger partial charge in [0.2, 0.25) is 0 Å². The van der Waals surface area contributed by atoms with Crippen molar-refractivity contribution in [2.24, 2.45) is 0 Å². The highest BCUT2D eigenvalue weighted by atomic mass is 32.2. The first-order chi connectivity index (χ1) is 7.36. The van der Waals surface area contributed by atoms with Crippen molar-refractivity contribution in [1.82, 2.24) is 4.57 Å². The van der Waals surface area contributed by atoms with E-state index in [2.05, 4.69) is 22.9 Å². The lowest BCUT2D eigenvalue weighted by molar-refractivity contribution is 0.579. The van der Waals surface area contributed by atoms with Crippen LogP contribution in [-0.4, -0.2) is 16.1 Å². The van der Waals surface area contributed by atoms with E-state index < -0.39 is 0 Å². The Hall–Kier alpha value is -1.09. The van der Waals surface area contributed by atoms with Crippen LogP contribution in [0.2, 0.25) is 0 Å². The fourth-order valence-electron chi connectivity index (χ4n) is 2.27. The molecule has 1 aromatic heterocycles. The van der Waals surface area contributed by atoms with E-state index in [1.165, 1.54) is 28.8 Å². The van der Waals surface area contributed by atoms with Crippen LogP contribution in [0.15, 0.2) is 30.5 Å². The van der Waals surface area contributed by atoms with Crippen molar-refractivity contribution >= 4 is 28.4 Å². The second-order valence-corrected chi connectivity index (χ2v) is 5.17. The van der Waals surface area contributed by atoms with Crippen LogP contribution in [0.25, 0.3) is 10.9 Å². The van der Waals surface area contributed by atoms with Crippen LogP contribution in [0.5, 0.6) is 0 Å². The molecule has 1 aromatic carbocycles. The molecule has 1 aliphatic heterocycles. The summed E-state index contributed by atoms with van der Waals surface area (Å²) in [6.07, 6.45) is 3.46. The summed E-state index contributed by atoms with van der Waals surface area (Å²) in [7, 11) is 0. The molecular weight excluding hydrogens is 204 g/mol. The summed E-state index contributed by atoms with van der Waals surface area (Å²) >= 11 is 2.04. The smallest absolute Gasteiger partial charge is 0.0504 e. The molecule has 0 amide bonds. The van der Waals surface area contributed by atoms with Gasteiger partial charge in [0.05, 0.1) is 5.52 Å². The number of fused-ring (bicyclic) bond motifs is 1. The second-order valence-electron chi connectivity index (χ2n) is 4.02. The predicted molar refractivity (Wildman–Crippen MR) is 67.3 cm³/mol. The minimum atomic E-state index is 0.661. The molecule has 1 fully saturated rings. The van der Waals surface area contributed by atoms with Crippen molar-refractivity contribution < 1.29 is 0 Å². The summed E-state index contributed by atoms with van der Waals surface area (Å²) in [5.74, 6) is 2.52. The number of nitrogen functional groups attached to an aromatic ring is 1. The average molecular weight is 218 g/mol. The number of thioether (sulfide) groups is 1. The van der Waals surface area contributed by atoms with Gasteiger partial charge in [0.25, 0.3) is 0 Å². The van der Waals surface area contributed by atoms with Crippen LogP contribution < -0.4 is 5.73 Å². The van der Waals surface area contributed by atoms with Crippen molar-refractivity contribution in [2.45, 2.75) is 12.5 Å². The molecule has 2 heterocycles. The molecule has 3 rings (SSSR count). The van der Waals surface area contributed by atoms with E-state index in [1.807, 2.05) is 23.9 Å². The van der Waals surface area contributed by atoms with Gasteiger partial charge in [0.15, 0.2) is 0 Å². The molecule has 1 saturated heterocycles. The molecule has 0 bridgehead atoms. The molecule has 0 spiro atoms. The lowest BCUT2D eigenvalue weighted by atomic mass is 10.2. The summed E-state index contributed by atoms with van der Waals surface area (Å²) < 4.78 is 2.38. The molecule has 0 saturated carbocycles. The van der Waals surface area contributed by atoms with Gasteiger partial charge in [-0.3, -0.25) is 0 Å². The Morgan fingerprint density at radius 2 is 2.27 bits per heavy atom. The molecule has 2 N–H and O–H groups in total. The Kier molecular flexibility index (Phi) is 2.13. The molecule has 15 heavy (non-hydrogen) atoms. The van der Waals surface area contributed by atoms with E-state index in [9.17, 15) is 0 Å². The molecule has 1 aliphatic rings. The maximum Gasteiger partial charge on any atom is 0.0504 e. The summed E-state index contributed by atoms with van der Waals surface area (Å²) in [6, 6.07) is 8.96. The minimum Gasteiger partial charge on any atom is -0.398 e. The molecule has 0 radical (unpaired) electrons. The number of nitrogens with zero attached hydrogens (tertiary/aromatic N) is 1. The molecule has 2 aromatic rings. The summed E-state index contributed by atoms with van der Waals surface area (Å²) in [5, 5.41) is 1.19. The number of hydrogen-bond donors (Lipinski definition) is 1. The van der Waals surface area contributed by atoms with Crippen molar-refractivity contribution in [3.05, 3.63) is 30.5 Å². The maximum atomic E-state index is 5.95. The van der Waals surface area contributed by atoms with E-state index in [0.29, 0.717) is 6.04 Å². The third kappa shape index (κ3) is 1.42. The Morgan fingerprint density at radius 3 is 3.07 bits per heavy atom. The zero-order valence-electron chi connectivity index (χ0n) is 8.52. The summed E-state index contributed by atoms with van der Waals surface area (Å²) in [5.41, 5.74) is 8.12. The van der Waals surface area contributed by atoms with Gasteiger partial charge in [-0.25, -0.2) is 0 Å². The van der Waals surface area contributed by atoms with Crippen LogP contribution in [-0.2, 0) is 0 Å². The highest BCUT2D eigenvalue weighted by Crippen LogP contribution is 2.32. The van der Waals surface area contributed by atoms with Crippen LogP contribution >= 0.6 is 11.8 Å². The Labute approximate surface area is 93.4 Å². The SMILES string of the molecule is Nc1cccc2c1ccn2C1CCSC1. The number of rotatable bonds is 1. The number of aromatic nitrogens is 1. The molecule has 2 nitrogen and oxygen atoms in total. The van der Waals surface area contributed by atoms with Crippen molar-refractivity contribution in [3.8, 4) is 0 Å². The monoisotopic (exact) mass is 218 g/mol. The Balaban J connectivity index is 2.15. The Morgan fingerprint density at radius 1 is 1.33 bits per heavy atom. The molecule has 1 atom stereocenters. The lowest BCUT2D eigenvalue weighted by Crippen LogP contribution is -2.05. The third-order valence-electron chi connectivity index (χ3n) is 3.10. The number of nitrogens with two attached hydrogens (primary N) is 1. The second kappa shape index (κ2) is 3.49. The topological polar surface area (TPSA) is 30.9 Å². The summed E-state index contributed by atoms with van der Waals surface area (Å²) in [4.78, 5) is 0. The van der Waals surface area contributed by atoms with Crippen molar-refractivity contribution in [2.75, 3.05) is 17.2 Å². The van der Waals surface area contributed by atoms with Gasteiger partial charge in [-0.05, 0) is 30.4 Å². The first-order valence-corrected chi connectivity index (χ1v) is 6.44. The normalized spacial score (nSPS) is 21.2. The van der Waals surface area contributed by atoms with Crippen LogP contribution in [0, 0.1) is 0 Å². The minimum absolute atomic E-state index is 0.661. The first-order valence-electron chi connectivity index (χ1n) is 5.29. The van der Waals surface area contributed by atoms with Gasteiger partial charge in [-0.1, -0.05) is 6.07 Å². The van der Waals surface area contributed by atoms with Crippen molar-refractivity contribution in [3.63, 3.8) is 0 Å². The number of benzene rings is 1. The fourth-order valence-corrected chi connectivity index (χ4v) is 3.48. The average Bonchev–Trinajstić information content (AvgIpc) is 2.85. The highest BCUT2D eigenvalue weighted by Gasteiger charge is 2.18. The molecular formula is C12H14N2S. The number of anilines is 1. The van der Waals surface area contributed by atoms with Crippen LogP contribution in [0.4, 0.5) is 5.69 Å². The van der Waals surface area contributed by atoms with Crippen LogP contribution in [0.1, 0.15) is 12.5 Å². The maximum absolute atomic E-state index is 5.95. The van der Waals surface area contributed by atoms with Gasteiger partial charge >= 0.3 is 0 Å². The molecule has 78 valence electrons. The van der Waals surface area contributed by atoms with Crippen molar-refractivity contribution in [1.29, 1.82) is 0 Å². The van der Waals surface area contributed by atoms with Crippen LogP contribution in [0.3, 0.4) is 0 Å². The van der Waals surface area contributed by atoms with Gasteiger partial charge in [-0.2, -0.15) is 11.8 Å². The van der Waals surface area contributed by atoms with Gasteiger partial charge in [0, 0.05) is 29.1 Å². The zero-order chi connectivity index (χ0) is 10.3. The van der Waals surface area contributed by atoms with Gasteiger partial charge in [-0.15, -0.1) is 0 Å². The van der Waals surface area contributed by atoms with E-state index in [0.717, 1.165) is 5.69 Å². The van der Waals surface area contributed by atoms with E-state index >= 15 is 0 Å². The highest BCUT2D eigenvalue weighted by molar-refractivity contribution is 7.99. The third-order valence-corrected chi connectivity index (χ3v) is 4.24. The molecule has 3 heteroatoms. The van der Waals surface area contributed by atoms with E-state index in [4.69, 9.17) is 5.73 Å². The first kappa shape index (κ1) is 9.16. The Bertz CT molecular complexity index is 483. The standard InChI is InChI=1S/C12H14N2S/c13-11-2-1-3-12-10(11)4-6-14(12)9-5-7-15-8-9/h1-4,6,9H,5,7-8,13H2. The van der Waals surface area contributed by atoms with Gasteiger partial charge in [0.1, 0.15) is 0 Å². The largest absolute Gasteiger partial charge is 0.398 e. The summed E-state index contributed by atoms with van der Waals surface area (Å²) in [6.45, 7) is 0. The van der Waals surface area contributed by atoms with Gasteiger partial charge < -0.3 is 10.3 Å². The fraction of sp³-hybridized carbons (Fsp3) is 0.333. The lowest BCUT2D eigenvalue weighted by Gasteiger charge is -2.12. The molecule has 1 unspecified atom stereocenters. The zero-order valence-corrected chi connectivity index (χ0v) is 9.33. The van der Waals surface area contributed by atoms with E-state index in [1.54, 1.807) is 0 Å². The quantitative estimate of drug-likeness (QED) is 0.746. The van der Waals surface area contributed by atoms with E-state index in [-0.39, 0.29) is 0 Å².